The standard InChI is InChI=1S/C25H33N5O8S2/c1-26-39(33,34)20-4-2-3-19(11-20)37-16-18(31)14-27-17-13-25(38-15-17)7-9-30(10-8-25)40(35,36)21-5-6-22-23(12-21)29-24(32)28-22/h2-6,11-12,17-18,26-27,31H,7-10,13-16H2,1H3,(H2,28,29,32)/t17-,18+/m1/s1. The second-order valence-electron chi connectivity index (χ2n) is 10.1. The second kappa shape index (κ2) is 11.2. The van der Waals surface area contributed by atoms with Gasteiger partial charge in [-0.25, -0.2) is 26.4 Å². The molecule has 40 heavy (non-hydrogen) atoms. The van der Waals surface area contributed by atoms with Gasteiger partial charge in [0.15, 0.2) is 0 Å². The number of aromatic amines is 2. The van der Waals surface area contributed by atoms with Gasteiger partial charge in [0.25, 0.3) is 0 Å². The van der Waals surface area contributed by atoms with Gasteiger partial charge in [0.05, 0.1) is 33.0 Å². The van der Waals surface area contributed by atoms with Gasteiger partial charge in [-0.1, -0.05) is 6.07 Å². The molecule has 0 unspecified atom stereocenters. The zero-order chi connectivity index (χ0) is 28.5. The molecular formula is C25H33N5O8S2. The van der Waals surface area contributed by atoms with Crippen LogP contribution in [-0.4, -0.2) is 93.9 Å². The third kappa shape index (κ3) is 6.10. The molecule has 2 fully saturated rings. The Hall–Kier alpha value is -2.79. The molecular weight excluding hydrogens is 562 g/mol. The minimum atomic E-state index is -3.72. The van der Waals surface area contributed by atoms with Crippen LogP contribution in [0.4, 0.5) is 0 Å². The van der Waals surface area contributed by atoms with Crippen LogP contribution in [0.1, 0.15) is 19.3 Å². The monoisotopic (exact) mass is 595 g/mol. The summed E-state index contributed by atoms with van der Waals surface area (Å²) in [6.45, 7) is 1.31. The number of aromatic nitrogens is 2. The number of fused-ring (bicyclic) bond motifs is 1. The molecule has 15 heteroatoms. The van der Waals surface area contributed by atoms with Crippen molar-refractivity contribution >= 4 is 31.1 Å². The molecule has 1 aromatic heterocycles. The number of aliphatic hydroxyl groups excluding tert-OH is 1. The first kappa shape index (κ1) is 28.7. The minimum absolute atomic E-state index is 0.00488. The molecule has 0 aliphatic carbocycles. The van der Waals surface area contributed by atoms with Crippen molar-refractivity contribution in [3.63, 3.8) is 0 Å². The van der Waals surface area contributed by atoms with E-state index in [1.165, 1.54) is 35.6 Å². The SMILES string of the molecule is CNS(=O)(=O)c1cccc(OC[C@@H](O)CN[C@H]2COC3(CCN(S(=O)(=O)c4ccc5[nH]c(=O)[nH]c5c4)CC3)C2)c1. The molecule has 1 spiro atoms. The Morgan fingerprint density at radius 2 is 1.85 bits per heavy atom. The quantitative estimate of drug-likeness (QED) is 0.217. The van der Waals surface area contributed by atoms with Crippen molar-refractivity contribution in [2.24, 2.45) is 0 Å². The smallest absolute Gasteiger partial charge is 0.323 e. The van der Waals surface area contributed by atoms with Crippen LogP contribution in [0.2, 0.25) is 0 Å². The Bertz CT molecular complexity index is 1630. The molecule has 0 radical (unpaired) electrons. The molecule has 2 aromatic carbocycles. The van der Waals surface area contributed by atoms with Crippen molar-refractivity contribution in [1.29, 1.82) is 0 Å². The van der Waals surface area contributed by atoms with Crippen LogP contribution in [0.3, 0.4) is 0 Å². The van der Waals surface area contributed by atoms with Crippen LogP contribution < -0.4 is 20.5 Å². The maximum Gasteiger partial charge on any atom is 0.323 e. The van der Waals surface area contributed by atoms with Crippen LogP contribution in [0.15, 0.2) is 57.1 Å². The van der Waals surface area contributed by atoms with Gasteiger partial charge in [-0.2, -0.15) is 4.31 Å². The number of piperidine rings is 1. The van der Waals surface area contributed by atoms with E-state index in [-0.39, 0.29) is 29.0 Å². The van der Waals surface area contributed by atoms with Crippen molar-refractivity contribution in [2.45, 2.75) is 46.8 Å². The Morgan fingerprint density at radius 3 is 2.60 bits per heavy atom. The predicted molar refractivity (Wildman–Crippen MR) is 146 cm³/mol. The van der Waals surface area contributed by atoms with Crippen molar-refractivity contribution in [3.05, 3.63) is 52.9 Å². The molecule has 13 nitrogen and oxygen atoms in total. The van der Waals surface area contributed by atoms with E-state index in [2.05, 4.69) is 20.0 Å². The highest BCUT2D eigenvalue weighted by atomic mass is 32.2. The number of hydrogen-bond donors (Lipinski definition) is 5. The van der Waals surface area contributed by atoms with Crippen molar-refractivity contribution < 1.29 is 31.4 Å². The molecule has 2 atom stereocenters. The fraction of sp³-hybridized carbons (Fsp3) is 0.480. The van der Waals surface area contributed by atoms with Gasteiger partial charge >= 0.3 is 5.69 Å². The number of sulfonamides is 2. The first-order valence-corrected chi connectivity index (χ1v) is 15.9. The van der Waals surface area contributed by atoms with Crippen molar-refractivity contribution in [2.75, 3.05) is 39.9 Å². The lowest BCUT2D eigenvalue weighted by molar-refractivity contribution is -0.0312. The van der Waals surface area contributed by atoms with E-state index in [1.54, 1.807) is 18.2 Å². The van der Waals surface area contributed by atoms with E-state index >= 15 is 0 Å². The van der Waals surface area contributed by atoms with Crippen LogP contribution in [0, 0.1) is 0 Å². The molecule has 0 saturated carbocycles. The average Bonchev–Trinajstić information content (AvgIpc) is 3.52. The first-order chi connectivity index (χ1) is 19.0. The van der Waals surface area contributed by atoms with Gasteiger partial charge in [0, 0.05) is 31.7 Å². The lowest BCUT2D eigenvalue weighted by atomic mass is 9.88. The van der Waals surface area contributed by atoms with Crippen LogP contribution in [0.5, 0.6) is 5.75 Å². The van der Waals surface area contributed by atoms with E-state index in [0.29, 0.717) is 55.7 Å². The molecule has 0 bridgehead atoms. The summed E-state index contributed by atoms with van der Waals surface area (Å²) in [5, 5.41) is 13.7. The van der Waals surface area contributed by atoms with Gasteiger partial charge in [0.1, 0.15) is 18.5 Å². The van der Waals surface area contributed by atoms with Crippen molar-refractivity contribution in [3.8, 4) is 5.75 Å². The summed E-state index contributed by atoms with van der Waals surface area (Å²) < 4.78 is 65.8. The summed E-state index contributed by atoms with van der Waals surface area (Å²) in [6.07, 6.45) is 0.950. The summed E-state index contributed by atoms with van der Waals surface area (Å²) in [7, 11) is -5.99. The normalized spacial score (nSPS) is 20.7. The Labute approximate surface area is 232 Å². The van der Waals surface area contributed by atoms with Crippen molar-refractivity contribution in [1.82, 2.24) is 24.3 Å². The van der Waals surface area contributed by atoms with Crippen LogP contribution >= 0.6 is 0 Å². The summed E-state index contributed by atoms with van der Waals surface area (Å²) in [5.74, 6) is 0.335. The number of rotatable bonds is 10. The highest BCUT2D eigenvalue weighted by Crippen LogP contribution is 2.37. The number of hydrogen-bond acceptors (Lipinski definition) is 9. The van der Waals surface area contributed by atoms with Gasteiger partial charge < -0.3 is 29.9 Å². The number of imidazole rings is 1. The van der Waals surface area contributed by atoms with Gasteiger partial charge in [-0.15, -0.1) is 0 Å². The molecule has 5 rings (SSSR count). The number of nitrogens with one attached hydrogen (secondary N) is 4. The molecule has 3 aromatic rings. The molecule has 5 N–H and O–H groups in total. The van der Waals surface area contributed by atoms with E-state index in [4.69, 9.17) is 9.47 Å². The molecule has 2 saturated heterocycles. The number of benzene rings is 2. The molecule has 2 aliphatic heterocycles. The topological polar surface area (TPSA) is 183 Å². The Morgan fingerprint density at radius 1 is 1.10 bits per heavy atom. The van der Waals surface area contributed by atoms with E-state index in [9.17, 15) is 26.7 Å². The summed E-state index contributed by atoms with van der Waals surface area (Å²) in [5.41, 5.74) is 0.166. The number of nitrogens with zero attached hydrogens (tertiary/aromatic N) is 1. The van der Waals surface area contributed by atoms with Crippen LogP contribution in [-0.2, 0) is 24.8 Å². The number of H-pyrrole nitrogens is 2. The lowest BCUT2D eigenvalue weighted by Gasteiger charge is -2.38. The highest BCUT2D eigenvalue weighted by Gasteiger charge is 2.44. The number of aliphatic hydroxyl groups is 1. The maximum absolute atomic E-state index is 13.2. The predicted octanol–water partition coefficient (Wildman–Crippen LogP) is 0.106. The van der Waals surface area contributed by atoms with E-state index in [1.807, 2.05) is 0 Å². The molecule has 3 heterocycles. The average molecular weight is 596 g/mol. The van der Waals surface area contributed by atoms with E-state index in [0.717, 1.165) is 0 Å². The Balaban J connectivity index is 1.09. The van der Waals surface area contributed by atoms with E-state index < -0.39 is 37.4 Å². The fourth-order valence-corrected chi connectivity index (χ4v) is 7.42. The molecule has 0 amide bonds. The van der Waals surface area contributed by atoms with Gasteiger partial charge in [-0.3, -0.25) is 0 Å². The summed E-state index contributed by atoms with van der Waals surface area (Å²) >= 11 is 0. The first-order valence-electron chi connectivity index (χ1n) is 12.9. The summed E-state index contributed by atoms with van der Waals surface area (Å²) in [4.78, 5) is 16.9. The van der Waals surface area contributed by atoms with Gasteiger partial charge in [-0.05, 0) is 56.6 Å². The van der Waals surface area contributed by atoms with Crippen LogP contribution in [0.25, 0.3) is 11.0 Å². The zero-order valence-corrected chi connectivity index (χ0v) is 23.6. The molecule has 2 aliphatic rings. The largest absolute Gasteiger partial charge is 0.491 e. The third-order valence-corrected chi connectivity index (χ3v) is 10.7. The Kier molecular flexibility index (Phi) is 8.07. The number of ether oxygens (including phenoxy) is 2. The minimum Gasteiger partial charge on any atom is -0.491 e. The fourth-order valence-electron chi connectivity index (χ4n) is 5.18. The highest BCUT2D eigenvalue weighted by molar-refractivity contribution is 7.89. The summed E-state index contributed by atoms with van der Waals surface area (Å²) in [6, 6.07) is 10.6. The lowest BCUT2D eigenvalue weighted by Crippen LogP contribution is -2.47. The van der Waals surface area contributed by atoms with Gasteiger partial charge in [0.2, 0.25) is 20.0 Å². The molecule has 218 valence electrons. The second-order valence-corrected chi connectivity index (χ2v) is 14.0. The maximum atomic E-state index is 13.2. The zero-order valence-electron chi connectivity index (χ0n) is 21.9. The third-order valence-electron chi connectivity index (χ3n) is 7.44.